The largest absolute Gasteiger partial charge is 0.482 e. The normalized spacial score (nSPS) is 13.6. The molecule has 0 radical (unpaired) electrons. The van der Waals surface area contributed by atoms with Gasteiger partial charge in [-0.05, 0) is 37.5 Å². The van der Waals surface area contributed by atoms with Crippen molar-refractivity contribution >= 4 is 23.3 Å². The maximum absolute atomic E-state index is 12.1. The predicted octanol–water partition coefficient (Wildman–Crippen LogP) is 1.78. The van der Waals surface area contributed by atoms with Crippen LogP contribution in [-0.2, 0) is 9.59 Å². The van der Waals surface area contributed by atoms with Crippen LogP contribution < -0.4 is 15.0 Å². The number of amides is 2. The number of ether oxygens (including phenoxy) is 1. The highest BCUT2D eigenvalue weighted by Gasteiger charge is 2.27. The van der Waals surface area contributed by atoms with Crippen LogP contribution in [0, 0.1) is 5.92 Å². The lowest BCUT2D eigenvalue weighted by atomic mass is 10.1. The van der Waals surface area contributed by atoms with Gasteiger partial charge in [0.25, 0.3) is 5.91 Å². The van der Waals surface area contributed by atoms with Gasteiger partial charge in [0.15, 0.2) is 12.4 Å². The molecule has 0 bridgehead atoms. The highest BCUT2D eigenvalue weighted by Crippen LogP contribution is 2.32. The van der Waals surface area contributed by atoms with Gasteiger partial charge in [0.05, 0.1) is 5.69 Å². The average molecular weight is 318 g/mol. The van der Waals surface area contributed by atoms with Crippen molar-refractivity contribution in [2.75, 3.05) is 24.6 Å². The number of anilines is 1. The first-order valence-electron chi connectivity index (χ1n) is 7.73. The van der Waals surface area contributed by atoms with Crippen molar-refractivity contribution in [1.82, 2.24) is 5.32 Å². The SMILES string of the molecule is CC(=O)c1ccc2c(c1)N(CC(=O)NCCC(C)C)C(=O)CO2. The molecular weight excluding hydrogens is 296 g/mol. The van der Waals surface area contributed by atoms with Crippen LogP contribution in [0.4, 0.5) is 5.69 Å². The molecule has 0 unspecified atom stereocenters. The van der Waals surface area contributed by atoms with Gasteiger partial charge in [-0.25, -0.2) is 0 Å². The summed E-state index contributed by atoms with van der Waals surface area (Å²) in [6, 6.07) is 4.90. The molecule has 2 amide bonds. The van der Waals surface area contributed by atoms with Gasteiger partial charge in [-0.15, -0.1) is 0 Å². The molecule has 0 saturated heterocycles. The van der Waals surface area contributed by atoms with Gasteiger partial charge in [-0.1, -0.05) is 13.8 Å². The van der Waals surface area contributed by atoms with Crippen molar-refractivity contribution in [1.29, 1.82) is 0 Å². The molecule has 1 N–H and O–H groups in total. The molecule has 124 valence electrons. The summed E-state index contributed by atoms with van der Waals surface area (Å²) in [5.74, 6) is 0.383. The van der Waals surface area contributed by atoms with Crippen LogP contribution in [0.1, 0.15) is 37.6 Å². The van der Waals surface area contributed by atoms with E-state index in [0.29, 0.717) is 29.5 Å². The highest BCUT2D eigenvalue weighted by molar-refractivity contribution is 6.04. The Hall–Kier alpha value is -2.37. The Morgan fingerprint density at radius 2 is 2.09 bits per heavy atom. The van der Waals surface area contributed by atoms with Crippen molar-refractivity contribution < 1.29 is 19.1 Å². The number of nitrogens with one attached hydrogen (secondary N) is 1. The molecule has 1 heterocycles. The Morgan fingerprint density at radius 1 is 1.35 bits per heavy atom. The number of carbonyl (C=O) groups is 3. The average Bonchev–Trinajstić information content (AvgIpc) is 2.49. The van der Waals surface area contributed by atoms with Crippen LogP contribution in [0.2, 0.25) is 0 Å². The van der Waals surface area contributed by atoms with E-state index in [9.17, 15) is 14.4 Å². The molecule has 1 aromatic rings. The molecule has 1 aliphatic heterocycles. The second kappa shape index (κ2) is 7.26. The van der Waals surface area contributed by atoms with Gasteiger partial charge >= 0.3 is 0 Å². The Balaban J connectivity index is 2.12. The summed E-state index contributed by atoms with van der Waals surface area (Å²) in [5, 5.41) is 2.81. The molecule has 0 aliphatic carbocycles. The summed E-state index contributed by atoms with van der Waals surface area (Å²) in [6.45, 7) is 6.01. The standard InChI is InChI=1S/C17H22N2O4/c1-11(2)6-7-18-16(21)9-19-14-8-13(12(3)20)4-5-15(14)23-10-17(19)22/h4-5,8,11H,6-7,9-10H2,1-3H3,(H,18,21). The molecule has 0 spiro atoms. The lowest BCUT2D eigenvalue weighted by molar-refractivity contribution is -0.125. The van der Waals surface area contributed by atoms with Crippen molar-refractivity contribution in [2.24, 2.45) is 5.92 Å². The minimum absolute atomic E-state index is 0.0748. The molecule has 1 aliphatic rings. The first kappa shape index (κ1) is 17.0. The Kier molecular flexibility index (Phi) is 5.36. The summed E-state index contributed by atoms with van der Waals surface area (Å²) >= 11 is 0. The maximum Gasteiger partial charge on any atom is 0.265 e. The van der Waals surface area contributed by atoms with Gasteiger partial charge in [-0.2, -0.15) is 0 Å². The molecule has 0 aromatic heterocycles. The van der Waals surface area contributed by atoms with Crippen molar-refractivity contribution in [2.45, 2.75) is 27.2 Å². The van der Waals surface area contributed by atoms with E-state index in [2.05, 4.69) is 19.2 Å². The van der Waals surface area contributed by atoms with Crippen molar-refractivity contribution in [3.63, 3.8) is 0 Å². The van der Waals surface area contributed by atoms with E-state index in [1.165, 1.54) is 11.8 Å². The third kappa shape index (κ3) is 4.31. The predicted molar refractivity (Wildman–Crippen MR) is 86.8 cm³/mol. The molecule has 6 heteroatoms. The van der Waals surface area contributed by atoms with Gasteiger partial charge in [0.1, 0.15) is 12.3 Å². The van der Waals surface area contributed by atoms with E-state index in [1.807, 2.05) is 0 Å². The maximum atomic E-state index is 12.1. The van der Waals surface area contributed by atoms with E-state index in [-0.39, 0.29) is 30.7 Å². The number of fused-ring (bicyclic) bond motifs is 1. The quantitative estimate of drug-likeness (QED) is 0.811. The number of benzene rings is 1. The van der Waals surface area contributed by atoms with Gasteiger partial charge < -0.3 is 10.1 Å². The second-order valence-corrected chi connectivity index (χ2v) is 6.04. The van der Waals surface area contributed by atoms with E-state index in [1.54, 1.807) is 18.2 Å². The Bertz CT molecular complexity index is 625. The smallest absolute Gasteiger partial charge is 0.265 e. The number of nitrogens with zero attached hydrogens (tertiary/aromatic N) is 1. The number of hydrogen-bond acceptors (Lipinski definition) is 4. The number of carbonyl (C=O) groups excluding carboxylic acids is 3. The molecule has 0 saturated carbocycles. The van der Waals surface area contributed by atoms with E-state index >= 15 is 0 Å². The molecular formula is C17H22N2O4. The molecule has 0 atom stereocenters. The fraction of sp³-hybridized carbons (Fsp3) is 0.471. The molecule has 1 aromatic carbocycles. The molecule has 23 heavy (non-hydrogen) atoms. The first-order valence-corrected chi connectivity index (χ1v) is 7.73. The first-order chi connectivity index (χ1) is 10.9. The summed E-state index contributed by atoms with van der Waals surface area (Å²) in [6.07, 6.45) is 0.883. The fourth-order valence-electron chi connectivity index (χ4n) is 2.29. The third-order valence-electron chi connectivity index (χ3n) is 3.65. The Labute approximate surface area is 135 Å². The summed E-state index contributed by atoms with van der Waals surface area (Å²) < 4.78 is 5.36. The molecule has 6 nitrogen and oxygen atoms in total. The van der Waals surface area contributed by atoms with Crippen molar-refractivity contribution in [3.05, 3.63) is 23.8 Å². The topological polar surface area (TPSA) is 75.7 Å². The zero-order chi connectivity index (χ0) is 17.0. The lowest BCUT2D eigenvalue weighted by Crippen LogP contribution is -2.45. The fourth-order valence-corrected chi connectivity index (χ4v) is 2.29. The van der Waals surface area contributed by atoms with Gasteiger partial charge in [0, 0.05) is 12.1 Å². The van der Waals surface area contributed by atoms with Gasteiger partial charge in [0.2, 0.25) is 5.91 Å². The monoisotopic (exact) mass is 318 g/mol. The zero-order valence-corrected chi connectivity index (χ0v) is 13.7. The Morgan fingerprint density at radius 3 is 2.74 bits per heavy atom. The van der Waals surface area contributed by atoms with E-state index in [0.717, 1.165) is 6.42 Å². The number of hydrogen-bond donors (Lipinski definition) is 1. The summed E-state index contributed by atoms with van der Waals surface area (Å²) in [5.41, 5.74) is 0.945. The molecule has 2 rings (SSSR count). The highest BCUT2D eigenvalue weighted by atomic mass is 16.5. The summed E-state index contributed by atoms with van der Waals surface area (Å²) in [4.78, 5) is 37.0. The lowest BCUT2D eigenvalue weighted by Gasteiger charge is -2.29. The minimum atomic E-state index is -0.294. The van der Waals surface area contributed by atoms with Crippen LogP contribution in [0.15, 0.2) is 18.2 Å². The van der Waals surface area contributed by atoms with Crippen LogP contribution in [0.25, 0.3) is 0 Å². The molecule has 0 fully saturated rings. The third-order valence-corrected chi connectivity index (χ3v) is 3.65. The minimum Gasteiger partial charge on any atom is -0.482 e. The number of ketones is 1. The van der Waals surface area contributed by atoms with E-state index < -0.39 is 0 Å². The van der Waals surface area contributed by atoms with Crippen molar-refractivity contribution in [3.8, 4) is 5.75 Å². The van der Waals surface area contributed by atoms with Gasteiger partial charge in [-0.3, -0.25) is 19.3 Å². The zero-order valence-electron chi connectivity index (χ0n) is 13.7. The van der Waals surface area contributed by atoms with Crippen LogP contribution >= 0.6 is 0 Å². The van der Waals surface area contributed by atoms with Crippen LogP contribution in [0.3, 0.4) is 0 Å². The number of Topliss-reactive ketones (excluding diaryl/α,β-unsaturated/α-hetero) is 1. The number of rotatable bonds is 6. The van der Waals surface area contributed by atoms with Crippen LogP contribution in [0.5, 0.6) is 5.75 Å². The van der Waals surface area contributed by atoms with Crippen LogP contribution in [-0.4, -0.2) is 37.3 Å². The second-order valence-electron chi connectivity index (χ2n) is 6.04. The summed E-state index contributed by atoms with van der Waals surface area (Å²) in [7, 11) is 0. The van der Waals surface area contributed by atoms with E-state index in [4.69, 9.17) is 4.74 Å².